The van der Waals surface area contributed by atoms with E-state index in [-0.39, 0.29) is 0 Å². The maximum atomic E-state index is 14.2. The van der Waals surface area contributed by atoms with Crippen molar-refractivity contribution in [2.45, 2.75) is 0 Å². The van der Waals surface area contributed by atoms with Gasteiger partial charge < -0.3 is 10.1 Å². The van der Waals surface area contributed by atoms with Crippen LogP contribution in [-0.4, -0.2) is 23.9 Å². The van der Waals surface area contributed by atoms with Crippen LogP contribution in [0.25, 0.3) is 0 Å². The number of anilines is 1. The Bertz CT molecular complexity index is 839. The smallest absolute Gasteiger partial charge is 0.340 e. The molecule has 7 nitrogen and oxygen atoms in total. The zero-order valence-electron chi connectivity index (χ0n) is 12.2. The molecule has 1 amide bonds. The first-order chi connectivity index (χ1) is 11.4. The van der Waals surface area contributed by atoms with Crippen LogP contribution in [0.3, 0.4) is 0 Å². The number of amides is 1. The zero-order chi connectivity index (χ0) is 17.9. The van der Waals surface area contributed by atoms with Crippen LogP contribution < -0.4 is 5.32 Å². The van der Waals surface area contributed by atoms with Gasteiger partial charge in [-0.3, -0.25) is 14.9 Å². The molecule has 0 unspecified atom stereocenters. The predicted molar refractivity (Wildman–Crippen MR) is 78.7 cm³/mol. The van der Waals surface area contributed by atoms with Crippen molar-refractivity contribution in [2.24, 2.45) is 0 Å². The van der Waals surface area contributed by atoms with E-state index in [1.54, 1.807) is 0 Å². The number of nitro benzene ring substituents is 1. The number of nitrogens with zero attached hydrogens (tertiary/aromatic N) is 1. The lowest BCUT2D eigenvalue weighted by molar-refractivity contribution is -0.387. The van der Waals surface area contributed by atoms with Crippen LogP contribution in [0.2, 0.25) is 0 Å². The number of hydrogen-bond donors (Lipinski definition) is 1. The van der Waals surface area contributed by atoms with Gasteiger partial charge in [0.2, 0.25) is 5.82 Å². The summed E-state index contributed by atoms with van der Waals surface area (Å²) >= 11 is 0. The summed E-state index contributed by atoms with van der Waals surface area (Å²) in [6.07, 6.45) is 0. The third-order valence-corrected chi connectivity index (χ3v) is 3.07. The third-order valence-electron chi connectivity index (χ3n) is 3.07. The number of nitro groups is 1. The zero-order valence-corrected chi connectivity index (χ0v) is 12.2. The highest BCUT2D eigenvalue weighted by Crippen LogP contribution is 2.23. The van der Waals surface area contributed by atoms with Crippen molar-refractivity contribution in [3.63, 3.8) is 0 Å². The fourth-order valence-corrected chi connectivity index (χ4v) is 1.92. The Morgan fingerprint density at radius 2 is 1.71 bits per heavy atom. The van der Waals surface area contributed by atoms with E-state index >= 15 is 0 Å². The van der Waals surface area contributed by atoms with Gasteiger partial charge in [0.1, 0.15) is 0 Å². The molecule has 0 aliphatic carbocycles. The van der Waals surface area contributed by atoms with Gasteiger partial charge in [-0.2, -0.15) is 4.39 Å². The minimum atomic E-state index is -1.34. The molecule has 0 saturated carbocycles. The normalized spacial score (nSPS) is 10.1. The number of ether oxygens (including phenoxy) is 1. The number of hydrogen-bond acceptors (Lipinski definition) is 5. The molecule has 0 bridgehead atoms. The van der Waals surface area contributed by atoms with E-state index in [2.05, 4.69) is 10.1 Å². The van der Waals surface area contributed by atoms with Crippen LogP contribution in [0.15, 0.2) is 36.4 Å². The quantitative estimate of drug-likeness (QED) is 0.526. The highest BCUT2D eigenvalue weighted by Gasteiger charge is 2.23. The fraction of sp³-hybridized carbons (Fsp3) is 0.0667. The predicted octanol–water partition coefficient (Wildman–Crippen LogP) is 2.91. The number of carbonyl (C=O) groups is 2. The minimum absolute atomic E-state index is 0.395. The van der Waals surface area contributed by atoms with Crippen LogP contribution >= 0.6 is 0 Å². The molecule has 2 aromatic rings. The SMILES string of the molecule is COC(=O)c1cccc(NC(=O)c2cccc([N+](=O)[O-])c2F)c1F. The minimum Gasteiger partial charge on any atom is -0.465 e. The second-order valence-corrected chi connectivity index (χ2v) is 4.51. The Kier molecular flexibility index (Phi) is 4.83. The van der Waals surface area contributed by atoms with Crippen LogP contribution in [0.1, 0.15) is 20.7 Å². The van der Waals surface area contributed by atoms with Gasteiger partial charge in [-0.1, -0.05) is 12.1 Å². The molecule has 0 fully saturated rings. The second-order valence-electron chi connectivity index (χ2n) is 4.51. The molecule has 9 heteroatoms. The van der Waals surface area contributed by atoms with E-state index in [1.807, 2.05) is 0 Å². The van der Waals surface area contributed by atoms with Gasteiger partial charge in [-0.05, 0) is 18.2 Å². The number of rotatable bonds is 4. The number of nitrogens with one attached hydrogen (secondary N) is 1. The Balaban J connectivity index is 2.36. The van der Waals surface area contributed by atoms with Crippen LogP contribution in [0, 0.1) is 21.7 Å². The molecule has 0 saturated heterocycles. The number of methoxy groups -OCH3 is 1. The molecular formula is C15H10F2N2O5. The molecule has 124 valence electrons. The Morgan fingerprint density at radius 1 is 1.08 bits per heavy atom. The van der Waals surface area contributed by atoms with Crippen molar-refractivity contribution < 1.29 is 28.0 Å². The van der Waals surface area contributed by atoms with Crippen molar-refractivity contribution in [1.29, 1.82) is 0 Å². The summed E-state index contributed by atoms with van der Waals surface area (Å²) in [6.45, 7) is 0. The number of carbonyl (C=O) groups excluding carboxylic acids is 2. The summed E-state index contributed by atoms with van der Waals surface area (Å²) in [6, 6.07) is 6.61. The van der Waals surface area contributed by atoms with Crippen molar-refractivity contribution in [3.8, 4) is 0 Å². The third kappa shape index (κ3) is 3.19. The Morgan fingerprint density at radius 3 is 2.33 bits per heavy atom. The van der Waals surface area contributed by atoms with E-state index in [4.69, 9.17) is 0 Å². The summed E-state index contributed by atoms with van der Waals surface area (Å²) in [7, 11) is 1.06. The summed E-state index contributed by atoms with van der Waals surface area (Å²) < 4.78 is 32.5. The van der Waals surface area contributed by atoms with Gasteiger partial charge in [0.05, 0.1) is 28.8 Å². The molecule has 0 radical (unpaired) electrons. The van der Waals surface area contributed by atoms with E-state index in [0.29, 0.717) is 0 Å². The fourth-order valence-electron chi connectivity index (χ4n) is 1.92. The summed E-state index contributed by atoms with van der Waals surface area (Å²) in [5.41, 5.74) is -2.33. The lowest BCUT2D eigenvalue weighted by Crippen LogP contribution is -2.16. The summed E-state index contributed by atoms with van der Waals surface area (Å²) in [5.74, 6) is -4.46. The molecule has 24 heavy (non-hydrogen) atoms. The molecule has 0 heterocycles. The highest BCUT2D eigenvalue weighted by molar-refractivity contribution is 6.05. The number of esters is 1. The molecule has 0 aliphatic rings. The van der Waals surface area contributed by atoms with Gasteiger partial charge in [0, 0.05) is 6.07 Å². The van der Waals surface area contributed by atoms with E-state index in [1.165, 1.54) is 6.07 Å². The second kappa shape index (κ2) is 6.82. The molecular weight excluding hydrogens is 326 g/mol. The number of halogens is 2. The average molecular weight is 336 g/mol. The molecule has 0 aromatic heterocycles. The van der Waals surface area contributed by atoms with Gasteiger partial charge >= 0.3 is 11.7 Å². The first-order valence-electron chi connectivity index (χ1n) is 6.48. The van der Waals surface area contributed by atoms with Crippen molar-refractivity contribution in [1.82, 2.24) is 0 Å². The molecule has 0 spiro atoms. The average Bonchev–Trinajstić information content (AvgIpc) is 2.55. The molecule has 0 atom stereocenters. The summed E-state index contributed by atoms with van der Waals surface area (Å²) in [4.78, 5) is 33.2. The first kappa shape index (κ1) is 17.0. The van der Waals surface area contributed by atoms with E-state index < -0.39 is 50.9 Å². The van der Waals surface area contributed by atoms with Crippen LogP contribution in [0.4, 0.5) is 20.2 Å². The Labute approximate surface area is 134 Å². The lowest BCUT2D eigenvalue weighted by atomic mass is 10.1. The van der Waals surface area contributed by atoms with Gasteiger partial charge in [0.25, 0.3) is 5.91 Å². The maximum absolute atomic E-state index is 14.2. The van der Waals surface area contributed by atoms with Gasteiger partial charge in [-0.25, -0.2) is 9.18 Å². The van der Waals surface area contributed by atoms with Crippen molar-refractivity contribution in [2.75, 3.05) is 12.4 Å². The largest absolute Gasteiger partial charge is 0.465 e. The van der Waals surface area contributed by atoms with Crippen molar-refractivity contribution >= 4 is 23.3 Å². The lowest BCUT2D eigenvalue weighted by Gasteiger charge is -2.09. The highest BCUT2D eigenvalue weighted by atomic mass is 19.1. The van der Waals surface area contributed by atoms with Crippen molar-refractivity contribution in [3.05, 3.63) is 69.3 Å². The monoisotopic (exact) mass is 336 g/mol. The van der Waals surface area contributed by atoms with Gasteiger partial charge in [-0.15, -0.1) is 0 Å². The van der Waals surface area contributed by atoms with Crippen LogP contribution in [0.5, 0.6) is 0 Å². The van der Waals surface area contributed by atoms with Crippen LogP contribution in [-0.2, 0) is 4.74 Å². The standard InChI is InChI=1S/C15H10F2N2O5/c1-24-15(21)9-5-2-6-10(12(9)16)18-14(20)8-4-3-7-11(13(8)17)19(22)23/h2-7H,1H3,(H,18,20). The molecule has 1 N–H and O–H groups in total. The van der Waals surface area contributed by atoms with E-state index in [9.17, 15) is 28.5 Å². The van der Waals surface area contributed by atoms with E-state index in [0.717, 1.165) is 37.4 Å². The molecule has 2 rings (SSSR count). The topological polar surface area (TPSA) is 98.5 Å². The molecule has 2 aromatic carbocycles. The first-order valence-corrected chi connectivity index (χ1v) is 6.48. The Hall–Kier alpha value is -3.36. The maximum Gasteiger partial charge on any atom is 0.340 e. The molecule has 0 aliphatic heterocycles. The summed E-state index contributed by atoms with van der Waals surface area (Å²) in [5, 5.41) is 12.8. The van der Waals surface area contributed by atoms with Gasteiger partial charge in [0.15, 0.2) is 5.82 Å². The number of benzene rings is 2.